The fraction of sp³-hybridized carbons (Fsp3) is 1.00. The quantitative estimate of drug-likeness (QED) is 0.745. The molecule has 2 aliphatic heterocycles. The van der Waals surface area contributed by atoms with Gasteiger partial charge in [0.1, 0.15) is 0 Å². The molecule has 0 radical (unpaired) electrons. The molecule has 2 nitrogen and oxygen atoms in total. The van der Waals surface area contributed by atoms with E-state index in [-0.39, 0.29) is 0 Å². The lowest BCUT2D eigenvalue weighted by Crippen LogP contribution is -2.48. The van der Waals surface area contributed by atoms with Crippen molar-refractivity contribution in [1.82, 2.24) is 10.2 Å². The molecule has 1 N–H and O–H groups in total. The molecule has 0 aromatic heterocycles. The van der Waals surface area contributed by atoms with Crippen molar-refractivity contribution in [2.45, 2.75) is 89.8 Å². The van der Waals surface area contributed by atoms with Crippen LogP contribution in [0.5, 0.6) is 0 Å². The number of hydrogen-bond donors (Lipinski definition) is 1. The number of nitrogens with one attached hydrogen (secondary N) is 1. The lowest BCUT2D eigenvalue weighted by molar-refractivity contribution is 0.158. The van der Waals surface area contributed by atoms with E-state index in [1.165, 1.54) is 70.9 Å². The van der Waals surface area contributed by atoms with E-state index in [0.717, 1.165) is 18.1 Å². The molecule has 2 heteroatoms. The van der Waals surface area contributed by atoms with Crippen molar-refractivity contribution in [2.75, 3.05) is 13.1 Å². The number of hydrogen-bond acceptors (Lipinski definition) is 2. The molecule has 106 valence electrons. The van der Waals surface area contributed by atoms with Crippen LogP contribution in [-0.4, -0.2) is 36.1 Å². The van der Waals surface area contributed by atoms with Gasteiger partial charge in [0.25, 0.3) is 0 Å². The number of unbranched alkanes of at least 4 members (excludes halogenated alkanes) is 1. The van der Waals surface area contributed by atoms with E-state index in [1.807, 2.05) is 0 Å². The van der Waals surface area contributed by atoms with Gasteiger partial charge >= 0.3 is 0 Å². The second-order valence-electron chi connectivity index (χ2n) is 6.35. The molecule has 18 heavy (non-hydrogen) atoms. The third-order valence-electron chi connectivity index (χ3n) is 4.84. The molecular weight excluding hydrogens is 220 g/mol. The summed E-state index contributed by atoms with van der Waals surface area (Å²) in [5, 5.41) is 3.98. The Bertz CT molecular complexity index is 229. The summed E-state index contributed by atoms with van der Waals surface area (Å²) in [6.45, 7) is 7.33. The highest BCUT2D eigenvalue weighted by atomic mass is 15.2. The zero-order valence-electron chi connectivity index (χ0n) is 12.5. The summed E-state index contributed by atoms with van der Waals surface area (Å²) < 4.78 is 0. The summed E-state index contributed by atoms with van der Waals surface area (Å²) in [5.74, 6) is 0. The summed E-state index contributed by atoms with van der Waals surface area (Å²) in [6, 6.07) is 2.50. The highest BCUT2D eigenvalue weighted by Crippen LogP contribution is 2.27. The SMILES string of the molecule is CCCCC(CCC)NC1CCN2CCCC2C1. The number of rotatable bonds is 7. The first-order valence-electron chi connectivity index (χ1n) is 8.33. The topological polar surface area (TPSA) is 15.3 Å². The fourth-order valence-electron chi connectivity index (χ4n) is 3.82. The third-order valence-corrected chi connectivity index (χ3v) is 4.84. The van der Waals surface area contributed by atoms with Gasteiger partial charge in [0.2, 0.25) is 0 Å². The molecule has 0 saturated carbocycles. The van der Waals surface area contributed by atoms with Gasteiger partial charge in [-0.1, -0.05) is 33.1 Å². The van der Waals surface area contributed by atoms with E-state index in [1.54, 1.807) is 0 Å². The molecule has 3 unspecified atom stereocenters. The zero-order chi connectivity index (χ0) is 12.8. The normalized spacial score (nSPS) is 30.3. The van der Waals surface area contributed by atoms with Gasteiger partial charge in [0, 0.05) is 18.1 Å². The highest BCUT2D eigenvalue weighted by Gasteiger charge is 2.32. The van der Waals surface area contributed by atoms with Crippen molar-refractivity contribution < 1.29 is 0 Å². The predicted octanol–water partition coefficient (Wildman–Crippen LogP) is 3.56. The van der Waals surface area contributed by atoms with Crippen LogP contribution in [0.4, 0.5) is 0 Å². The van der Waals surface area contributed by atoms with Crippen molar-refractivity contribution in [1.29, 1.82) is 0 Å². The zero-order valence-corrected chi connectivity index (χ0v) is 12.5. The summed E-state index contributed by atoms with van der Waals surface area (Å²) >= 11 is 0. The number of nitrogens with zero attached hydrogens (tertiary/aromatic N) is 1. The second kappa shape index (κ2) is 7.49. The fourth-order valence-corrected chi connectivity index (χ4v) is 3.82. The van der Waals surface area contributed by atoms with Gasteiger partial charge in [0.05, 0.1) is 0 Å². The molecule has 0 bridgehead atoms. The summed E-state index contributed by atoms with van der Waals surface area (Å²) in [6.07, 6.45) is 12.5. The Hall–Kier alpha value is -0.0800. The van der Waals surface area contributed by atoms with E-state index >= 15 is 0 Å². The predicted molar refractivity (Wildman–Crippen MR) is 79.0 cm³/mol. The Kier molecular flexibility index (Phi) is 5.97. The molecule has 2 aliphatic rings. The standard InChI is InChI=1S/C16H32N2/c1-3-5-8-14(7-4-2)17-15-10-12-18-11-6-9-16(18)13-15/h14-17H,3-13H2,1-2H3. The van der Waals surface area contributed by atoms with E-state index in [9.17, 15) is 0 Å². The maximum absolute atomic E-state index is 3.98. The Morgan fingerprint density at radius 3 is 2.78 bits per heavy atom. The Balaban J connectivity index is 1.75. The summed E-state index contributed by atoms with van der Waals surface area (Å²) in [4.78, 5) is 2.72. The minimum atomic E-state index is 0.785. The monoisotopic (exact) mass is 252 g/mol. The molecular formula is C16H32N2. The first-order valence-corrected chi connectivity index (χ1v) is 8.33. The first kappa shape index (κ1) is 14.3. The average molecular weight is 252 g/mol. The second-order valence-corrected chi connectivity index (χ2v) is 6.35. The van der Waals surface area contributed by atoms with E-state index < -0.39 is 0 Å². The van der Waals surface area contributed by atoms with E-state index in [2.05, 4.69) is 24.1 Å². The van der Waals surface area contributed by atoms with Gasteiger partial charge < -0.3 is 10.2 Å². The lowest BCUT2D eigenvalue weighted by Gasteiger charge is -2.37. The molecule has 0 spiro atoms. The largest absolute Gasteiger partial charge is 0.311 e. The Labute approximate surface area is 114 Å². The van der Waals surface area contributed by atoms with Crippen LogP contribution in [0, 0.1) is 0 Å². The van der Waals surface area contributed by atoms with Crippen LogP contribution < -0.4 is 5.32 Å². The summed E-state index contributed by atoms with van der Waals surface area (Å²) in [5.41, 5.74) is 0. The van der Waals surface area contributed by atoms with Gasteiger partial charge in [-0.3, -0.25) is 0 Å². The molecule has 0 aromatic carbocycles. The molecule has 3 atom stereocenters. The number of fused-ring (bicyclic) bond motifs is 1. The minimum absolute atomic E-state index is 0.785. The summed E-state index contributed by atoms with van der Waals surface area (Å²) in [7, 11) is 0. The van der Waals surface area contributed by atoms with Crippen LogP contribution >= 0.6 is 0 Å². The third kappa shape index (κ3) is 3.96. The Morgan fingerprint density at radius 1 is 1.11 bits per heavy atom. The van der Waals surface area contributed by atoms with Gasteiger partial charge in [-0.15, -0.1) is 0 Å². The van der Waals surface area contributed by atoms with Crippen LogP contribution in [0.1, 0.15) is 71.6 Å². The minimum Gasteiger partial charge on any atom is -0.311 e. The van der Waals surface area contributed by atoms with Crippen molar-refractivity contribution in [3.05, 3.63) is 0 Å². The maximum atomic E-state index is 3.98. The van der Waals surface area contributed by atoms with Crippen molar-refractivity contribution in [2.24, 2.45) is 0 Å². The average Bonchev–Trinajstić information content (AvgIpc) is 2.83. The molecule has 0 amide bonds. The molecule has 0 aliphatic carbocycles. The van der Waals surface area contributed by atoms with Gasteiger partial charge in [0.15, 0.2) is 0 Å². The van der Waals surface area contributed by atoms with E-state index in [4.69, 9.17) is 0 Å². The van der Waals surface area contributed by atoms with Crippen LogP contribution in [0.3, 0.4) is 0 Å². The van der Waals surface area contributed by atoms with Crippen LogP contribution in [0.15, 0.2) is 0 Å². The van der Waals surface area contributed by atoms with Crippen molar-refractivity contribution in [3.8, 4) is 0 Å². The molecule has 2 heterocycles. The maximum Gasteiger partial charge on any atom is 0.0111 e. The van der Waals surface area contributed by atoms with E-state index in [0.29, 0.717) is 0 Å². The highest BCUT2D eigenvalue weighted by molar-refractivity contribution is 4.90. The smallest absolute Gasteiger partial charge is 0.0111 e. The molecule has 0 aromatic rings. The lowest BCUT2D eigenvalue weighted by atomic mass is 9.95. The number of piperidine rings is 1. The van der Waals surface area contributed by atoms with Crippen LogP contribution in [-0.2, 0) is 0 Å². The Morgan fingerprint density at radius 2 is 2.00 bits per heavy atom. The van der Waals surface area contributed by atoms with Gasteiger partial charge in [-0.2, -0.15) is 0 Å². The van der Waals surface area contributed by atoms with Gasteiger partial charge in [-0.05, 0) is 51.6 Å². The van der Waals surface area contributed by atoms with Crippen LogP contribution in [0.25, 0.3) is 0 Å². The van der Waals surface area contributed by atoms with Crippen LogP contribution in [0.2, 0.25) is 0 Å². The first-order chi connectivity index (χ1) is 8.83. The molecule has 2 fully saturated rings. The molecule has 2 rings (SSSR count). The van der Waals surface area contributed by atoms with Crippen molar-refractivity contribution >= 4 is 0 Å². The molecule has 2 saturated heterocycles. The van der Waals surface area contributed by atoms with Gasteiger partial charge in [-0.25, -0.2) is 0 Å². The van der Waals surface area contributed by atoms with Crippen molar-refractivity contribution in [3.63, 3.8) is 0 Å².